The first kappa shape index (κ1) is 35.3. The van der Waals surface area contributed by atoms with Crippen LogP contribution >= 0.6 is 11.3 Å². The van der Waals surface area contributed by atoms with Crippen LogP contribution in [0.5, 0.6) is 5.75 Å². The van der Waals surface area contributed by atoms with Crippen molar-refractivity contribution in [3.63, 3.8) is 0 Å². The van der Waals surface area contributed by atoms with Crippen molar-refractivity contribution in [2.75, 3.05) is 43.4 Å². The number of urea groups is 1. The number of aryl methyl sites for hydroxylation is 1. The van der Waals surface area contributed by atoms with E-state index in [9.17, 15) is 32.7 Å². The number of phenolic OH excluding ortho intramolecular Hbond substituents is 1. The van der Waals surface area contributed by atoms with Gasteiger partial charge in [0.25, 0.3) is 5.91 Å². The maximum absolute atomic E-state index is 12.8. The molecule has 264 valence electrons. The second kappa shape index (κ2) is 15.1. The van der Waals surface area contributed by atoms with Gasteiger partial charge in [0.2, 0.25) is 0 Å². The molecular formula is C35H32F3N7O5S. The first-order chi connectivity index (χ1) is 24.4. The molecule has 5 aromatic rings. The van der Waals surface area contributed by atoms with Gasteiger partial charge >= 0.3 is 17.8 Å². The van der Waals surface area contributed by atoms with E-state index in [0.29, 0.717) is 41.8 Å². The quantitative estimate of drug-likeness (QED) is 0.0840. The van der Waals surface area contributed by atoms with Crippen LogP contribution in [-0.4, -0.2) is 70.8 Å². The molecule has 16 heteroatoms. The van der Waals surface area contributed by atoms with Gasteiger partial charge in [-0.25, -0.2) is 20.0 Å². The fourth-order valence-corrected chi connectivity index (χ4v) is 6.28. The number of anilines is 2. The molecule has 3 amide bonds. The molecule has 0 radical (unpaired) electrons. The molecular weight excluding hydrogens is 687 g/mol. The number of hydrogen-bond acceptors (Lipinski definition) is 10. The summed E-state index contributed by atoms with van der Waals surface area (Å²) < 4.78 is 43.4. The standard InChI is InChI=1S/C35H32F3N7O5S/c1-21-14-32(48)50-30-16-29(46)23(15-28(21)30)17-39-43-31(47)19-45-12-10-44(11-13-45)18-27-20-51-33(40-27)22-2-6-25(7-3-22)41-34(49)42-26-8-4-24(5-9-26)35(36,37)38/h2-9,14-17,20,46H,10-13,18-19H2,1H3,(H,43,47)(H2,41,42,49)/b39-17+. The van der Waals surface area contributed by atoms with Crippen LogP contribution in [0.25, 0.3) is 21.5 Å². The van der Waals surface area contributed by atoms with Crippen LogP contribution in [0.4, 0.5) is 29.3 Å². The lowest BCUT2D eigenvalue weighted by Gasteiger charge is -2.33. The maximum Gasteiger partial charge on any atom is 0.416 e. The number of nitrogens with one attached hydrogen (secondary N) is 3. The van der Waals surface area contributed by atoms with Crippen molar-refractivity contribution in [2.45, 2.75) is 19.6 Å². The molecule has 12 nitrogen and oxygen atoms in total. The number of thiazole rings is 1. The summed E-state index contributed by atoms with van der Waals surface area (Å²) in [7, 11) is 0. The topological polar surface area (TPSA) is 152 Å². The van der Waals surface area contributed by atoms with Crippen LogP contribution in [0.2, 0.25) is 0 Å². The van der Waals surface area contributed by atoms with Crippen LogP contribution in [-0.2, 0) is 17.5 Å². The number of hydrazone groups is 1. The number of alkyl halides is 3. The van der Waals surface area contributed by atoms with Gasteiger partial charge in [0, 0.05) is 78.1 Å². The molecule has 1 aliphatic heterocycles. The minimum atomic E-state index is -4.45. The Morgan fingerprint density at radius 2 is 1.63 bits per heavy atom. The van der Waals surface area contributed by atoms with Gasteiger partial charge in [-0.2, -0.15) is 18.3 Å². The van der Waals surface area contributed by atoms with E-state index in [0.717, 1.165) is 41.5 Å². The van der Waals surface area contributed by atoms with Crippen LogP contribution in [0, 0.1) is 6.92 Å². The lowest BCUT2D eigenvalue weighted by atomic mass is 10.1. The van der Waals surface area contributed by atoms with Crippen molar-refractivity contribution in [3.8, 4) is 16.3 Å². The van der Waals surface area contributed by atoms with Gasteiger partial charge in [0.15, 0.2) is 0 Å². The van der Waals surface area contributed by atoms with E-state index in [1.54, 1.807) is 25.1 Å². The largest absolute Gasteiger partial charge is 0.507 e. The van der Waals surface area contributed by atoms with Gasteiger partial charge in [-0.1, -0.05) is 0 Å². The molecule has 2 aromatic heterocycles. The molecule has 1 aliphatic rings. The summed E-state index contributed by atoms with van der Waals surface area (Å²) in [5, 5.41) is 22.9. The fourth-order valence-electron chi connectivity index (χ4n) is 5.47. The zero-order valence-electron chi connectivity index (χ0n) is 27.2. The van der Waals surface area contributed by atoms with Crippen LogP contribution < -0.4 is 21.7 Å². The number of halogens is 3. The zero-order chi connectivity index (χ0) is 36.1. The fraction of sp³-hybridized carbons (Fsp3) is 0.229. The Morgan fingerprint density at radius 3 is 2.29 bits per heavy atom. The third kappa shape index (κ3) is 9.16. The second-order valence-electron chi connectivity index (χ2n) is 11.9. The summed E-state index contributed by atoms with van der Waals surface area (Å²) in [5.74, 6) is -0.416. The molecule has 1 fully saturated rings. The van der Waals surface area contributed by atoms with Gasteiger partial charge in [0.1, 0.15) is 16.3 Å². The molecule has 1 saturated heterocycles. The van der Waals surface area contributed by atoms with E-state index in [4.69, 9.17) is 9.40 Å². The molecule has 0 bridgehead atoms. The summed E-state index contributed by atoms with van der Waals surface area (Å²) in [6.07, 6.45) is -3.11. The van der Waals surface area contributed by atoms with E-state index >= 15 is 0 Å². The summed E-state index contributed by atoms with van der Waals surface area (Å²) in [6.45, 7) is 5.46. The number of carbonyl (C=O) groups excluding carboxylic acids is 2. The van der Waals surface area contributed by atoms with Crippen LogP contribution in [0.15, 0.2) is 86.4 Å². The minimum absolute atomic E-state index is 0.131. The lowest BCUT2D eigenvalue weighted by Crippen LogP contribution is -2.48. The molecule has 0 atom stereocenters. The highest BCUT2D eigenvalue weighted by Gasteiger charge is 2.30. The molecule has 0 unspecified atom stereocenters. The highest BCUT2D eigenvalue weighted by Crippen LogP contribution is 2.30. The van der Waals surface area contributed by atoms with Crippen molar-refractivity contribution in [1.29, 1.82) is 0 Å². The van der Waals surface area contributed by atoms with Crippen molar-refractivity contribution in [3.05, 3.63) is 105 Å². The first-order valence-electron chi connectivity index (χ1n) is 15.7. The van der Waals surface area contributed by atoms with E-state index in [1.165, 1.54) is 41.8 Å². The Bertz CT molecular complexity index is 2130. The van der Waals surface area contributed by atoms with Crippen molar-refractivity contribution in [2.24, 2.45) is 5.10 Å². The number of nitrogens with zero attached hydrogens (tertiary/aromatic N) is 4. The zero-order valence-corrected chi connectivity index (χ0v) is 28.0. The second-order valence-corrected chi connectivity index (χ2v) is 12.7. The Labute approximate surface area is 293 Å². The van der Waals surface area contributed by atoms with Crippen LogP contribution in [0.3, 0.4) is 0 Å². The first-order valence-corrected chi connectivity index (χ1v) is 16.6. The van der Waals surface area contributed by atoms with Gasteiger partial charge in [-0.15, -0.1) is 11.3 Å². The molecule has 0 aliphatic carbocycles. The summed E-state index contributed by atoms with van der Waals surface area (Å²) in [4.78, 5) is 45.5. The number of amides is 3. The Kier molecular flexibility index (Phi) is 10.5. The highest BCUT2D eigenvalue weighted by molar-refractivity contribution is 7.13. The number of aromatic nitrogens is 1. The highest BCUT2D eigenvalue weighted by atomic mass is 32.1. The summed E-state index contributed by atoms with van der Waals surface area (Å²) >= 11 is 1.51. The van der Waals surface area contributed by atoms with Crippen molar-refractivity contribution in [1.82, 2.24) is 20.2 Å². The molecule has 6 rings (SSSR count). The summed E-state index contributed by atoms with van der Waals surface area (Å²) in [6, 6.07) is 15.1. The lowest BCUT2D eigenvalue weighted by molar-refractivity contribution is -0.137. The Hall–Kier alpha value is -5.58. The molecule has 0 spiro atoms. The molecule has 3 heterocycles. The van der Waals surface area contributed by atoms with Gasteiger partial charge in [0.05, 0.1) is 24.0 Å². The average Bonchev–Trinajstić information content (AvgIpc) is 3.54. The average molecular weight is 720 g/mol. The minimum Gasteiger partial charge on any atom is -0.507 e. The number of rotatable bonds is 9. The van der Waals surface area contributed by atoms with Crippen molar-refractivity contribution < 1.29 is 32.3 Å². The molecule has 51 heavy (non-hydrogen) atoms. The Balaban J connectivity index is 0.929. The number of piperazine rings is 1. The third-order valence-electron chi connectivity index (χ3n) is 8.12. The summed E-state index contributed by atoms with van der Waals surface area (Å²) in [5.41, 5.74) is 5.07. The predicted octanol–water partition coefficient (Wildman–Crippen LogP) is 5.86. The van der Waals surface area contributed by atoms with Crippen molar-refractivity contribution >= 4 is 51.8 Å². The number of benzene rings is 3. The number of carbonyl (C=O) groups is 2. The van der Waals surface area contributed by atoms with E-state index in [-0.39, 0.29) is 29.5 Å². The van der Waals surface area contributed by atoms with Gasteiger partial charge in [-0.3, -0.25) is 14.6 Å². The number of hydrogen-bond donors (Lipinski definition) is 4. The third-order valence-corrected chi connectivity index (χ3v) is 9.06. The van der Waals surface area contributed by atoms with E-state index in [1.807, 2.05) is 22.4 Å². The number of aromatic hydroxyl groups is 1. The number of phenols is 1. The van der Waals surface area contributed by atoms with Gasteiger partial charge in [-0.05, 0) is 67.1 Å². The van der Waals surface area contributed by atoms with Crippen LogP contribution in [0.1, 0.15) is 22.4 Å². The van der Waals surface area contributed by atoms with E-state index < -0.39 is 23.4 Å². The van der Waals surface area contributed by atoms with Gasteiger partial charge < -0.3 is 20.2 Å². The predicted molar refractivity (Wildman–Crippen MR) is 188 cm³/mol. The number of fused-ring (bicyclic) bond motifs is 1. The smallest absolute Gasteiger partial charge is 0.416 e. The molecule has 3 aromatic carbocycles. The Morgan fingerprint density at radius 1 is 0.980 bits per heavy atom. The monoisotopic (exact) mass is 719 g/mol. The maximum atomic E-state index is 12.8. The van der Waals surface area contributed by atoms with E-state index in [2.05, 4.69) is 26.1 Å². The molecule has 0 saturated carbocycles. The normalized spacial score (nSPS) is 14.2. The molecule has 4 N–H and O–H groups in total. The SMILES string of the molecule is Cc1cc(=O)oc2cc(O)c(/C=N/NC(=O)CN3CCN(Cc4csc(-c5ccc(NC(=O)Nc6ccc(C(F)(F)F)cc6)cc5)n4)CC3)cc12.